The molecule has 2 aliphatic heterocycles. The highest BCUT2D eigenvalue weighted by Crippen LogP contribution is 2.69. The number of piperidine rings is 1. The highest BCUT2D eigenvalue weighted by Gasteiger charge is 2.72. The molecule has 0 amide bonds. The molecule has 0 unspecified atom stereocenters. The molecule has 0 radical (unpaired) electrons. The lowest BCUT2D eigenvalue weighted by atomic mass is 9.49. The molecule has 3 heterocycles. The Morgan fingerprint density at radius 3 is 2.89 bits per heavy atom. The molecule has 35 heavy (non-hydrogen) atoms. The van der Waals surface area contributed by atoms with Crippen molar-refractivity contribution in [2.45, 2.75) is 55.3 Å². The number of benzene rings is 2. The van der Waals surface area contributed by atoms with Crippen molar-refractivity contribution >= 4 is 22.5 Å². The van der Waals surface area contributed by atoms with Gasteiger partial charge in [-0.15, -0.1) is 0 Å². The maximum atomic E-state index is 12.9. The van der Waals surface area contributed by atoms with Crippen LogP contribution in [0.1, 0.15) is 47.8 Å². The molecule has 8 heteroatoms. The summed E-state index contributed by atoms with van der Waals surface area (Å²) in [4.78, 5) is 10.5. The summed E-state index contributed by atoms with van der Waals surface area (Å²) in [6, 6.07) is 9.61. The summed E-state index contributed by atoms with van der Waals surface area (Å²) in [6.45, 7) is 1.96. The van der Waals surface area contributed by atoms with E-state index in [4.69, 9.17) is 16.2 Å². The van der Waals surface area contributed by atoms with Crippen molar-refractivity contribution in [3.63, 3.8) is 0 Å². The first-order valence-corrected chi connectivity index (χ1v) is 12.6. The first kappa shape index (κ1) is 20.0. The van der Waals surface area contributed by atoms with Gasteiger partial charge >= 0.3 is 0 Å². The van der Waals surface area contributed by atoms with Gasteiger partial charge in [0.15, 0.2) is 23.6 Å². The summed E-state index contributed by atoms with van der Waals surface area (Å²) in [5.41, 5.74) is 15.7. The number of nitrogens with one attached hydrogen (secondary N) is 1. The lowest BCUT2D eigenvalue weighted by Crippen LogP contribution is -2.74. The molecule has 2 aromatic carbocycles. The van der Waals surface area contributed by atoms with E-state index in [9.17, 15) is 10.2 Å². The van der Waals surface area contributed by atoms with Gasteiger partial charge in [-0.1, -0.05) is 12.1 Å². The molecule has 180 valence electrons. The Kier molecular flexibility index (Phi) is 3.60. The molecule has 8 rings (SSSR count). The van der Waals surface area contributed by atoms with Crippen LogP contribution in [0, 0.1) is 5.92 Å². The number of aromatic hydroxyl groups is 1. The standard InChI is InChI=1S/C27H29N5O3/c28-25(29)31-17-3-1-2-16-20(17)15-11-27(34)19-10-14-6-7-18(33)23-21(14)26(27,24(35-23)22(15)30-16)8-9-32(19)12-13-4-5-13/h1-3,6-7,13,19,24,30,33-34H,4-5,8-12H2,(H4,28,29,31)/t19-,24-,26-,27+/m0/s1. The monoisotopic (exact) mass is 471 g/mol. The Morgan fingerprint density at radius 1 is 1.23 bits per heavy atom. The van der Waals surface area contributed by atoms with Crippen molar-refractivity contribution < 1.29 is 14.9 Å². The number of hydrogen-bond acceptors (Lipinski definition) is 5. The summed E-state index contributed by atoms with van der Waals surface area (Å²) < 4.78 is 6.64. The van der Waals surface area contributed by atoms with Crippen molar-refractivity contribution in [1.82, 2.24) is 9.88 Å². The molecule has 3 aliphatic carbocycles. The number of ether oxygens (including phenoxy) is 1. The number of fused-ring (bicyclic) bond motifs is 4. The second-order valence-corrected chi connectivity index (χ2v) is 11.2. The summed E-state index contributed by atoms with van der Waals surface area (Å²) in [6.07, 6.45) is 4.17. The van der Waals surface area contributed by atoms with Gasteiger partial charge in [-0.3, -0.25) is 4.90 Å². The number of aromatic amines is 1. The Balaban J connectivity index is 1.41. The number of phenolic OH excluding ortho intramolecular Hbond substituents is 1. The van der Waals surface area contributed by atoms with E-state index in [2.05, 4.69) is 14.9 Å². The normalized spacial score (nSPS) is 32.1. The predicted molar refractivity (Wildman–Crippen MR) is 132 cm³/mol. The SMILES string of the molecule is NC(N)=Nc1cccc2[nH]c3c(c12)C[C@@]1(O)[C@@H]2Cc4ccc(O)c5c4[C@@]1(CCN2CC1CC1)[C@H]3O5. The van der Waals surface area contributed by atoms with Crippen molar-refractivity contribution in [3.8, 4) is 11.5 Å². The van der Waals surface area contributed by atoms with Gasteiger partial charge in [0.25, 0.3) is 0 Å². The van der Waals surface area contributed by atoms with Gasteiger partial charge in [0.05, 0.1) is 22.4 Å². The van der Waals surface area contributed by atoms with E-state index < -0.39 is 17.1 Å². The minimum absolute atomic E-state index is 0.00247. The Bertz CT molecular complexity index is 1450. The molecule has 4 atom stereocenters. The van der Waals surface area contributed by atoms with Gasteiger partial charge < -0.3 is 31.4 Å². The predicted octanol–water partition coefficient (Wildman–Crippen LogP) is 2.48. The molecule has 1 aromatic heterocycles. The molecule has 7 N–H and O–H groups in total. The lowest BCUT2D eigenvalue weighted by Gasteiger charge is -2.62. The Hall–Kier alpha value is -3.23. The molecule has 1 saturated carbocycles. The molecule has 8 nitrogen and oxygen atoms in total. The number of H-pyrrole nitrogens is 1. The fraction of sp³-hybridized carbons (Fsp3) is 0.444. The van der Waals surface area contributed by atoms with Crippen LogP contribution in [0.25, 0.3) is 10.9 Å². The number of aliphatic hydroxyl groups is 1. The number of phenols is 1. The molecule has 2 fully saturated rings. The third kappa shape index (κ3) is 2.32. The van der Waals surface area contributed by atoms with Crippen LogP contribution < -0.4 is 16.2 Å². The quantitative estimate of drug-likeness (QED) is 0.294. The molecule has 1 spiro atoms. The van der Waals surface area contributed by atoms with Crippen LogP contribution in [0.3, 0.4) is 0 Å². The number of rotatable bonds is 3. The minimum atomic E-state index is -1.04. The Morgan fingerprint density at radius 2 is 2.09 bits per heavy atom. The summed E-state index contributed by atoms with van der Waals surface area (Å²) in [5.74, 6) is 1.42. The zero-order valence-electron chi connectivity index (χ0n) is 19.4. The van der Waals surface area contributed by atoms with Crippen molar-refractivity contribution in [3.05, 3.63) is 52.7 Å². The lowest BCUT2D eigenvalue weighted by molar-refractivity contribution is -0.173. The van der Waals surface area contributed by atoms with E-state index in [1.54, 1.807) is 6.07 Å². The third-order valence-corrected chi connectivity index (χ3v) is 9.41. The fourth-order valence-corrected chi connectivity index (χ4v) is 7.90. The van der Waals surface area contributed by atoms with Crippen LogP contribution in [-0.2, 0) is 18.3 Å². The molecule has 2 bridgehead atoms. The van der Waals surface area contributed by atoms with E-state index in [0.717, 1.165) is 59.6 Å². The molecule has 1 saturated heterocycles. The number of nitrogens with two attached hydrogens (primary N) is 2. The van der Waals surface area contributed by atoms with E-state index in [0.29, 0.717) is 17.9 Å². The second kappa shape index (κ2) is 6.30. The number of aromatic nitrogens is 1. The number of likely N-dealkylation sites (tertiary alicyclic amines) is 1. The summed E-state index contributed by atoms with van der Waals surface area (Å²) in [5, 5.41) is 24.7. The topological polar surface area (TPSA) is 133 Å². The van der Waals surface area contributed by atoms with Gasteiger partial charge in [0.2, 0.25) is 0 Å². The third-order valence-electron chi connectivity index (χ3n) is 9.41. The van der Waals surface area contributed by atoms with Crippen LogP contribution in [0.4, 0.5) is 5.69 Å². The summed E-state index contributed by atoms with van der Waals surface area (Å²) in [7, 11) is 0. The van der Waals surface area contributed by atoms with Crippen molar-refractivity contribution in [1.29, 1.82) is 0 Å². The maximum absolute atomic E-state index is 12.9. The van der Waals surface area contributed by atoms with Crippen LogP contribution in [-0.4, -0.2) is 50.8 Å². The maximum Gasteiger partial charge on any atom is 0.191 e. The van der Waals surface area contributed by atoms with E-state index in [-0.39, 0.29) is 17.8 Å². The van der Waals surface area contributed by atoms with Crippen LogP contribution in [0.2, 0.25) is 0 Å². The number of nitrogens with zero attached hydrogens (tertiary/aromatic N) is 2. The smallest absolute Gasteiger partial charge is 0.191 e. The van der Waals surface area contributed by atoms with Gasteiger partial charge in [-0.05, 0) is 67.5 Å². The van der Waals surface area contributed by atoms with Gasteiger partial charge in [0.1, 0.15) is 0 Å². The zero-order chi connectivity index (χ0) is 23.7. The van der Waals surface area contributed by atoms with Gasteiger partial charge in [-0.25, -0.2) is 4.99 Å². The average Bonchev–Trinajstić information content (AvgIpc) is 3.44. The molecular formula is C27H29N5O3. The largest absolute Gasteiger partial charge is 0.504 e. The van der Waals surface area contributed by atoms with Crippen LogP contribution in [0.15, 0.2) is 35.3 Å². The van der Waals surface area contributed by atoms with Crippen LogP contribution in [0.5, 0.6) is 11.5 Å². The van der Waals surface area contributed by atoms with Gasteiger partial charge in [-0.2, -0.15) is 0 Å². The Labute approximate surface area is 202 Å². The highest BCUT2D eigenvalue weighted by atomic mass is 16.5. The minimum Gasteiger partial charge on any atom is -0.504 e. The highest BCUT2D eigenvalue weighted by molar-refractivity contribution is 5.97. The van der Waals surface area contributed by atoms with E-state index in [1.807, 2.05) is 24.3 Å². The molecule has 5 aliphatic rings. The van der Waals surface area contributed by atoms with E-state index >= 15 is 0 Å². The average molecular weight is 472 g/mol. The van der Waals surface area contributed by atoms with Crippen LogP contribution >= 0.6 is 0 Å². The fourth-order valence-electron chi connectivity index (χ4n) is 7.90. The first-order chi connectivity index (χ1) is 16.9. The van der Waals surface area contributed by atoms with Crippen molar-refractivity contribution in [2.24, 2.45) is 22.4 Å². The zero-order valence-corrected chi connectivity index (χ0v) is 19.4. The molecule has 3 aromatic rings. The number of guanidine groups is 1. The van der Waals surface area contributed by atoms with E-state index in [1.165, 1.54) is 18.4 Å². The van der Waals surface area contributed by atoms with Crippen molar-refractivity contribution in [2.75, 3.05) is 13.1 Å². The molecular weight excluding hydrogens is 442 g/mol. The summed E-state index contributed by atoms with van der Waals surface area (Å²) >= 11 is 0. The number of hydrogen-bond donors (Lipinski definition) is 5. The second-order valence-electron chi connectivity index (χ2n) is 11.2. The number of aliphatic imine (C=N–C) groups is 1. The van der Waals surface area contributed by atoms with Gasteiger partial charge in [0, 0.05) is 35.5 Å². The first-order valence-electron chi connectivity index (χ1n) is 12.6.